The molecular formula is C17H20N4O2S. The predicted octanol–water partition coefficient (Wildman–Crippen LogP) is 2.83. The summed E-state index contributed by atoms with van der Waals surface area (Å²) in [6.45, 7) is 3.68. The number of amides is 3. The molecule has 7 heteroatoms. The van der Waals surface area contributed by atoms with Gasteiger partial charge in [-0.2, -0.15) is 0 Å². The summed E-state index contributed by atoms with van der Waals surface area (Å²) in [6, 6.07) is 7.31. The second kappa shape index (κ2) is 7.17. The molecule has 126 valence electrons. The van der Waals surface area contributed by atoms with Crippen LogP contribution in [0.5, 0.6) is 0 Å². The van der Waals surface area contributed by atoms with Crippen LogP contribution < -0.4 is 10.6 Å². The molecule has 0 bridgehead atoms. The van der Waals surface area contributed by atoms with E-state index in [2.05, 4.69) is 20.6 Å². The molecule has 1 fully saturated rings. The first-order valence-corrected chi connectivity index (χ1v) is 9.01. The molecule has 0 unspecified atom stereocenters. The van der Waals surface area contributed by atoms with Crippen LogP contribution in [0.4, 0.5) is 4.79 Å². The van der Waals surface area contributed by atoms with Gasteiger partial charge in [-0.15, -0.1) is 0 Å². The molecule has 2 N–H and O–H groups in total. The number of fused-ring (bicyclic) bond motifs is 1. The molecule has 1 aliphatic rings. The maximum absolute atomic E-state index is 11.9. The summed E-state index contributed by atoms with van der Waals surface area (Å²) in [5, 5.41) is 6.68. The first-order chi connectivity index (χ1) is 11.5. The predicted molar refractivity (Wildman–Crippen MR) is 94.0 cm³/mol. The molecule has 3 rings (SSSR count). The number of benzene rings is 1. The van der Waals surface area contributed by atoms with E-state index in [9.17, 15) is 9.59 Å². The molecule has 6 nitrogen and oxygen atoms in total. The van der Waals surface area contributed by atoms with E-state index in [1.54, 1.807) is 0 Å². The van der Waals surface area contributed by atoms with Crippen LogP contribution in [0.1, 0.15) is 38.4 Å². The molecule has 3 amide bonds. The number of rotatable bonds is 5. The van der Waals surface area contributed by atoms with Crippen LogP contribution in [0.25, 0.3) is 10.9 Å². The van der Waals surface area contributed by atoms with Crippen molar-refractivity contribution in [3.8, 4) is 0 Å². The zero-order valence-corrected chi connectivity index (χ0v) is 14.5. The maximum atomic E-state index is 11.9. The van der Waals surface area contributed by atoms with E-state index in [0.717, 1.165) is 34.6 Å². The highest BCUT2D eigenvalue weighted by molar-refractivity contribution is 8.00. The van der Waals surface area contributed by atoms with E-state index in [1.807, 2.05) is 38.1 Å². The van der Waals surface area contributed by atoms with Crippen molar-refractivity contribution in [2.75, 3.05) is 5.75 Å². The van der Waals surface area contributed by atoms with Gasteiger partial charge in [-0.05, 0) is 32.8 Å². The minimum Gasteiger partial charge on any atom is -0.336 e. The molecule has 0 spiro atoms. The fraction of sp³-hybridized carbons (Fsp3) is 0.412. The fourth-order valence-corrected chi connectivity index (χ4v) is 3.12. The molecule has 0 radical (unpaired) electrons. The number of hydrogen-bond acceptors (Lipinski definition) is 5. The highest BCUT2D eigenvalue weighted by Gasteiger charge is 2.27. The number of imide groups is 1. The monoisotopic (exact) mass is 344 g/mol. The first-order valence-electron chi connectivity index (χ1n) is 8.02. The highest BCUT2D eigenvalue weighted by Crippen LogP contribution is 2.39. The molecule has 1 saturated carbocycles. The van der Waals surface area contributed by atoms with Crippen molar-refractivity contribution in [1.82, 2.24) is 20.6 Å². The van der Waals surface area contributed by atoms with Crippen molar-refractivity contribution < 1.29 is 9.59 Å². The number of aromatic nitrogens is 2. The Balaban J connectivity index is 1.70. The molecule has 1 aliphatic carbocycles. The lowest BCUT2D eigenvalue weighted by Gasteiger charge is -2.10. The summed E-state index contributed by atoms with van der Waals surface area (Å²) in [6.07, 6.45) is 2.25. The lowest BCUT2D eigenvalue weighted by molar-refractivity contribution is -0.117. The van der Waals surface area contributed by atoms with Gasteiger partial charge in [0.05, 0.1) is 11.3 Å². The van der Waals surface area contributed by atoms with Gasteiger partial charge in [0.25, 0.3) is 0 Å². The Labute approximate surface area is 144 Å². The molecule has 0 aliphatic heterocycles. The number of carbonyl (C=O) groups is 2. The minimum atomic E-state index is -0.471. The highest BCUT2D eigenvalue weighted by atomic mass is 32.2. The number of nitrogens with one attached hydrogen (secondary N) is 2. The van der Waals surface area contributed by atoms with E-state index in [-0.39, 0.29) is 17.7 Å². The lowest BCUT2D eigenvalue weighted by Crippen LogP contribution is -2.43. The van der Waals surface area contributed by atoms with E-state index in [1.165, 1.54) is 11.8 Å². The Morgan fingerprint density at radius 1 is 1.25 bits per heavy atom. The topological polar surface area (TPSA) is 84.0 Å². The van der Waals surface area contributed by atoms with Gasteiger partial charge in [-0.25, -0.2) is 14.8 Å². The number of hydrogen-bond donors (Lipinski definition) is 2. The average molecular weight is 344 g/mol. The second-order valence-corrected chi connectivity index (χ2v) is 7.11. The zero-order chi connectivity index (χ0) is 17.1. The molecule has 1 aromatic heterocycles. The average Bonchev–Trinajstić information content (AvgIpc) is 3.36. The number of thioether (sulfide) groups is 1. The Hall–Kier alpha value is -2.15. The smallest absolute Gasteiger partial charge is 0.321 e. The Morgan fingerprint density at radius 2 is 2.00 bits per heavy atom. The second-order valence-electron chi connectivity index (χ2n) is 6.14. The van der Waals surface area contributed by atoms with Crippen molar-refractivity contribution in [3.05, 3.63) is 30.1 Å². The van der Waals surface area contributed by atoms with Crippen LogP contribution in [0.15, 0.2) is 29.3 Å². The first kappa shape index (κ1) is 16.7. The van der Waals surface area contributed by atoms with Crippen molar-refractivity contribution in [2.45, 2.75) is 43.7 Å². The lowest BCUT2D eigenvalue weighted by atomic mass is 10.2. The number of urea groups is 1. The Bertz CT molecular complexity index is 774. The van der Waals surface area contributed by atoms with Gasteiger partial charge in [-0.1, -0.05) is 30.0 Å². The molecule has 2 aromatic rings. The molecular weight excluding hydrogens is 324 g/mol. The number of para-hydroxylation sites is 1. The van der Waals surface area contributed by atoms with Crippen LogP contribution in [-0.4, -0.2) is 33.7 Å². The zero-order valence-electron chi connectivity index (χ0n) is 13.7. The third kappa shape index (κ3) is 4.23. The SMILES string of the molecule is CC(C)NC(=O)NC(=O)CSc1nc(C2CC2)nc2ccccc12. The van der Waals surface area contributed by atoms with Gasteiger partial charge >= 0.3 is 6.03 Å². The largest absolute Gasteiger partial charge is 0.336 e. The van der Waals surface area contributed by atoms with Gasteiger partial charge in [0.2, 0.25) is 5.91 Å². The molecule has 24 heavy (non-hydrogen) atoms. The maximum Gasteiger partial charge on any atom is 0.321 e. The van der Waals surface area contributed by atoms with Crippen molar-refractivity contribution in [1.29, 1.82) is 0 Å². The molecule has 1 heterocycles. The summed E-state index contributed by atoms with van der Waals surface area (Å²) in [7, 11) is 0. The standard InChI is InChI=1S/C17H20N4O2S/c1-10(2)18-17(23)20-14(22)9-24-16-12-5-3-4-6-13(12)19-15(21-16)11-7-8-11/h3-6,10-11H,7-9H2,1-2H3,(H2,18,20,22,23). The third-order valence-electron chi connectivity index (χ3n) is 3.54. The van der Waals surface area contributed by atoms with E-state index in [4.69, 9.17) is 0 Å². The summed E-state index contributed by atoms with van der Waals surface area (Å²) < 4.78 is 0. The minimum absolute atomic E-state index is 0.0163. The summed E-state index contributed by atoms with van der Waals surface area (Å²) in [4.78, 5) is 32.8. The summed E-state index contributed by atoms with van der Waals surface area (Å²) >= 11 is 1.34. The van der Waals surface area contributed by atoms with Crippen LogP contribution in [-0.2, 0) is 4.79 Å². The van der Waals surface area contributed by atoms with Crippen LogP contribution >= 0.6 is 11.8 Å². The Morgan fingerprint density at radius 3 is 2.71 bits per heavy atom. The number of nitrogens with zero attached hydrogens (tertiary/aromatic N) is 2. The molecule has 0 atom stereocenters. The Kier molecular flexibility index (Phi) is 4.99. The van der Waals surface area contributed by atoms with Crippen LogP contribution in [0, 0.1) is 0 Å². The third-order valence-corrected chi connectivity index (χ3v) is 4.53. The fourth-order valence-electron chi connectivity index (χ4n) is 2.29. The summed E-state index contributed by atoms with van der Waals surface area (Å²) in [5.41, 5.74) is 0.898. The van der Waals surface area contributed by atoms with Crippen LogP contribution in [0.2, 0.25) is 0 Å². The normalized spacial score (nSPS) is 14.0. The van der Waals surface area contributed by atoms with Gasteiger partial charge < -0.3 is 5.32 Å². The van der Waals surface area contributed by atoms with Gasteiger partial charge in [0.15, 0.2) is 0 Å². The summed E-state index contributed by atoms with van der Waals surface area (Å²) in [5.74, 6) is 1.10. The number of carbonyl (C=O) groups excluding carboxylic acids is 2. The van der Waals surface area contributed by atoms with Crippen molar-refractivity contribution in [3.63, 3.8) is 0 Å². The molecule has 0 saturated heterocycles. The van der Waals surface area contributed by atoms with Crippen LogP contribution in [0.3, 0.4) is 0 Å². The van der Waals surface area contributed by atoms with E-state index in [0.29, 0.717) is 5.92 Å². The van der Waals surface area contributed by atoms with Gasteiger partial charge in [0.1, 0.15) is 10.9 Å². The van der Waals surface area contributed by atoms with E-state index < -0.39 is 6.03 Å². The van der Waals surface area contributed by atoms with Crippen molar-refractivity contribution >= 4 is 34.6 Å². The van der Waals surface area contributed by atoms with Crippen molar-refractivity contribution in [2.24, 2.45) is 0 Å². The van der Waals surface area contributed by atoms with Gasteiger partial charge in [0, 0.05) is 17.3 Å². The van der Waals surface area contributed by atoms with E-state index >= 15 is 0 Å². The quantitative estimate of drug-likeness (QED) is 0.644. The molecule has 1 aromatic carbocycles. The van der Waals surface area contributed by atoms with Gasteiger partial charge in [-0.3, -0.25) is 10.1 Å².